The van der Waals surface area contributed by atoms with E-state index in [1.807, 2.05) is 24.5 Å². The second kappa shape index (κ2) is 7.05. The lowest BCUT2D eigenvalue weighted by Gasteiger charge is -2.32. The fraction of sp³-hybridized carbons (Fsp3) is 0.500. The SMILES string of the molecule is Cn1ccnc1CN1CCC[C@@H](CCc2ccc(F)cc2)C1. The van der Waals surface area contributed by atoms with Gasteiger partial charge in [-0.2, -0.15) is 0 Å². The third-order valence-corrected chi connectivity index (χ3v) is 4.64. The molecule has 1 fully saturated rings. The van der Waals surface area contributed by atoms with Crippen LogP contribution in [-0.2, 0) is 20.0 Å². The van der Waals surface area contributed by atoms with E-state index in [0.717, 1.165) is 31.3 Å². The maximum Gasteiger partial charge on any atom is 0.123 e. The van der Waals surface area contributed by atoms with Crippen molar-refractivity contribution in [2.45, 2.75) is 32.2 Å². The second-order valence-corrected chi connectivity index (χ2v) is 6.36. The Hall–Kier alpha value is -1.68. The van der Waals surface area contributed by atoms with Crippen LogP contribution in [0.2, 0.25) is 0 Å². The van der Waals surface area contributed by atoms with Crippen LogP contribution in [-0.4, -0.2) is 27.5 Å². The van der Waals surface area contributed by atoms with Gasteiger partial charge in [-0.1, -0.05) is 12.1 Å². The van der Waals surface area contributed by atoms with Crippen molar-refractivity contribution in [2.24, 2.45) is 13.0 Å². The van der Waals surface area contributed by atoms with Crippen molar-refractivity contribution < 1.29 is 4.39 Å². The van der Waals surface area contributed by atoms with Crippen LogP contribution < -0.4 is 0 Å². The van der Waals surface area contributed by atoms with Crippen LogP contribution in [0.1, 0.15) is 30.7 Å². The second-order valence-electron chi connectivity index (χ2n) is 6.36. The molecule has 0 amide bonds. The summed E-state index contributed by atoms with van der Waals surface area (Å²) < 4.78 is 15.0. The third-order valence-electron chi connectivity index (χ3n) is 4.64. The van der Waals surface area contributed by atoms with Gasteiger partial charge in [-0.25, -0.2) is 9.37 Å². The Morgan fingerprint density at radius 3 is 2.82 bits per heavy atom. The summed E-state index contributed by atoms with van der Waals surface area (Å²) in [5.74, 6) is 1.72. The molecular formula is C18H24FN3. The van der Waals surface area contributed by atoms with Crippen molar-refractivity contribution in [1.82, 2.24) is 14.5 Å². The molecule has 0 radical (unpaired) electrons. The van der Waals surface area contributed by atoms with Gasteiger partial charge < -0.3 is 4.57 Å². The number of imidazole rings is 1. The molecule has 0 saturated carbocycles. The van der Waals surface area contributed by atoms with Crippen molar-refractivity contribution in [1.29, 1.82) is 0 Å². The van der Waals surface area contributed by atoms with E-state index in [1.54, 1.807) is 12.1 Å². The zero-order valence-corrected chi connectivity index (χ0v) is 13.2. The van der Waals surface area contributed by atoms with Crippen molar-refractivity contribution >= 4 is 0 Å². The highest BCUT2D eigenvalue weighted by molar-refractivity contribution is 5.16. The number of aryl methyl sites for hydroxylation is 2. The Morgan fingerprint density at radius 2 is 2.09 bits per heavy atom. The van der Waals surface area contributed by atoms with Crippen LogP contribution in [0, 0.1) is 11.7 Å². The molecule has 118 valence electrons. The first kappa shape index (κ1) is 15.2. The monoisotopic (exact) mass is 301 g/mol. The molecule has 1 aliphatic rings. The maximum atomic E-state index is 12.9. The van der Waals surface area contributed by atoms with Gasteiger partial charge in [0.25, 0.3) is 0 Å². The van der Waals surface area contributed by atoms with Gasteiger partial charge in [0, 0.05) is 26.0 Å². The largest absolute Gasteiger partial charge is 0.337 e. The predicted molar refractivity (Wildman–Crippen MR) is 85.9 cm³/mol. The molecule has 22 heavy (non-hydrogen) atoms. The molecule has 0 aliphatic carbocycles. The molecule has 2 aromatic rings. The van der Waals surface area contributed by atoms with Crippen molar-refractivity contribution in [3.63, 3.8) is 0 Å². The molecule has 2 heterocycles. The number of aromatic nitrogens is 2. The van der Waals surface area contributed by atoms with Crippen LogP contribution in [0.5, 0.6) is 0 Å². The van der Waals surface area contributed by atoms with Crippen LogP contribution in [0.25, 0.3) is 0 Å². The Morgan fingerprint density at radius 1 is 1.27 bits per heavy atom. The zero-order chi connectivity index (χ0) is 15.4. The highest BCUT2D eigenvalue weighted by Crippen LogP contribution is 2.22. The summed E-state index contributed by atoms with van der Waals surface area (Å²) in [5, 5.41) is 0. The molecular weight excluding hydrogens is 277 g/mol. The molecule has 1 aliphatic heterocycles. The smallest absolute Gasteiger partial charge is 0.123 e. The number of likely N-dealkylation sites (tertiary alicyclic amines) is 1. The minimum atomic E-state index is -0.150. The molecule has 4 heteroatoms. The summed E-state index contributed by atoms with van der Waals surface area (Å²) >= 11 is 0. The molecule has 0 unspecified atom stereocenters. The van der Waals surface area contributed by atoms with Crippen molar-refractivity contribution in [3.8, 4) is 0 Å². The van der Waals surface area contributed by atoms with Gasteiger partial charge >= 0.3 is 0 Å². The molecule has 1 aromatic carbocycles. The number of nitrogens with zero attached hydrogens (tertiary/aromatic N) is 3. The highest BCUT2D eigenvalue weighted by Gasteiger charge is 2.20. The maximum absolute atomic E-state index is 12.9. The first-order valence-corrected chi connectivity index (χ1v) is 8.14. The quantitative estimate of drug-likeness (QED) is 0.844. The van der Waals surface area contributed by atoms with Gasteiger partial charge in [0.2, 0.25) is 0 Å². The first-order valence-electron chi connectivity index (χ1n) is 8.14. The standard InChI is InChI=1S/C18H24FN3/c1-21-12-10-20-18(21)14-22-11-2-3-16(13-22)5-4-15-6-8-17(19)9-7-15/h6-10,12,16H,2-5,11,13-14H2,1H3/t16-/m0/s1. The average molecular weight is 301 g/mol. The molecule has 1 aromatic heterocycles. The van der Waals surface area contributed by atoms with Crippen molar-refractivity contribution in [3.05, 3.63) is 53.9 Å². The van der Waals surface area contributed by atoms with E-state index < -0.39 is 0 Å². The number of halogens is 1. The first-order chi connectivity index (χ1) is 10.7. The summed E-state index contributed by atoms with van der Waals surface area (Å²) in [5.41, 5.74) is 1.24. The lowest BCUT2D eigenvalue weighted by atomic mass is 9.91. The third kappa shape index (κ3) is 3.95. The van der Waals surface area contributed by atoms with E-state index in [-0.39, 0.29) is 5.82 Å². The van der Waals surface area contributed by atoms with Gasteiger partial charge in [0.05, 0.1) is 6.54 Å². The van der Waals surface area contributed by atoms with Gasteiger partial charge in [0.15, 0.2) is 0 Å². The van der Waals surface area contributed by atoms with Gasteiger partial charge in [0.1, 0.15) is 11.6 Å². The Labute approximate surface area is 131 Å². The predicted octanol–water partition coefficient (Wildman–Crippen LogP) is 3.40. The van der Waals surface area contributed by atoms with Crippen LogP contribution in [0.15, 0.2) is 36.7 Å². The van der Waals surface area contributed by atoms with Crippen LogP contribution in [0.3, 0.4) is 0 Å². The number of rotatable bonds is 5. The molecule has 0 spiro atoms. The van der Waals surface area contributed by atoms with E-state index in [0.29, 0.717) is 0 Å². The summed E-state index contributed by atoms with van der Waals surface area (Å²) in [6.07, 6.45) is 8.66. The molecule has 1 atom stereocenters. The Bertz CT molecular complexity index is 591. The zero-order valence-electron chi connectivity index (χ0n) is 13.2. The van der Waals surface area contributed by atoms with Crippen LogP contribution >= 0.6 is 0 Å². The van der Waals surface area contributed by atoms with Crippen molar-refractivity contribution in [2.75, 3.05) is 13.1 Å². The van der Waals surface area contributed by atoms with E-state index in [1.165, 1.54) is 31.4 Å². The fourth-order valence-electron chi connectivity index (χ4n) is 3.30. The number of hydrogen-bond donors (Lipinski definition) is 0. The number of benzene rings is 1. The molecule has 3 rings (SSSR count). The van der Waals surface area contributed by atoms with Gasteiger partial charge in [-0.15, -0.1) is 0 Å². The molecule has 0 N–H and O–H groups in total. The lowest BCUT2D eigenvalue weighted by Crippen LogP contribution is -2.35. The summed E-state index contributed by atoms with van der Waals surface area (Å²) in [6.45, 7) is 3.25. The van der Waals surface area contributed by atoms with E-state index in [2.05, 4.69) is 21.5 Å². The highest BCUT2D eigenvalue weighted by atomic mass is 19.1. The Kier molecular flexibility index (Phi) is 4.88. The lowest BCUT2D eigenvalue weighted by molar-refractivity contribution is 0.157. The molecule has 1 saturated heterocycles. The average Bonchev–Trinajstić information content (AvgIpc) is 2.92. The number of piperidine rings is 1. The van der Waals surface area contributed by atoms with E-state index in [4.69, 9.17) is 0 Å². The van der Waals surface area contributed by atoms with Gasteiger partial charge in [-0.05, 0) is 55.8 Å². The number of hydrogen-bond acceptors (Lipinski definition) is 2. The minimum absolute atomic E-state index is 0.150. The van der Waals surface area contributed by atoms with E-state index >= 15 is 0 Å². The molecule has 0 bridgehead atoms. The molecule has 3 nitrogen and oxygen atoms in total. The fourth-order valence-corrected chi connectivity index (χ4v) is 3.30. The van der Waals surface area contributed by atoms with Gasteiger partial charge in [-0.3, -0.25) is 4.90 Å². The summed E-state index contributed by atoms with van der Waals surface area (Å²) in [4.78, 5) is 6.94. The summed E-state index contributed by atoms with van der Waals surface area (Å²) in [7, 11) is 2.05. The van der Waals surface area contributed by atoms with Crippen LogP contribution in [0.4, 0.5) is 4.39 Å². The van der Waals surface area contributed by atoms with E-state index in [9.17, 15) is 4.39 Å². The normalized spacial score (nSPS) is 19.5. The topological polar surface area (TPSA) is 21.1 Å². The Balaban J connectivity index is 1.50. The summed E-state index contributed by atoms with van der Waals surface area (Å²) in [6, 6.07) is 6.93. The minimum Gasteiger partial charge on any atom is -0.337 e.